The third-order valence-electron chi connectivity index (χ3n) is 3.96. The van der Waals surface area contributed by atoms with Crippen LogP contribution in [0.5, 0.6) is 0 Å². The van der Waals surface area contributed by atoms with Gasteiger partial charge in [-0.3, -0.25) is 0 Å². The number of nitrogens with zero attached hydrogens (tertiary/aromatic N) is 2. The summed E-state index contributed by atoms with van der Waals surface area (Å²) in [6.45, 7) is 8.69. The zero-order valence-corrected chi connectivity index (χ0v) is 14.7. The van der Waals surface area contributed by atoms with Crippen LogP contribution in [0.2, 0.25) is 0 Å². The summed E-state index contributed by atoms with van der Waals surface area (Å²) in [6.07, 6.45) is 2.42. The maximum Gasteiger partial charge on any atom is 0.132 e. The van der Waals surface area contributed by atoms with E-state index in [1.54, 1.807) is 0 Å². The Morgan fingerprint density at radius 1 is 1.29 bits per heavy atom. The first-order valence-corrected chi connectivity index (χ1v) is 8.23. The minimum atomic E-state index is -0.000627. The lowest BCUT2D eigenvalue weighted by molar-refractivity contribution is 0.504. The number of rotatable bonds is 2. The summed E-state index contributed by atoms with van der Waals surface area (Å²) >= 11 is 3.55. The van der Waals surface area contributed by atoms with Crippen molar-refractivity contribution in [3.63, 3.8) is 0 Å². The third kappa shape index (κ3) is 2.61. The summed E-state index contributed by atoms with van der Waals surface area (Å²) in [6, 6.07) is 6.83. The largest absolute Gasteiger partial charge is 0.383 e. The first-order valence-electron chi connectivity index (χ1n) is 7.43. The Morgan fingerprint density at radius 3 is 2.48 bits per heavy atom. The van der Waals surface area contributed by atoms with Gasteiger partial charge in [0.2, 0.25) is 0 Å². The Bertz CT molecular complexity index is 691. The van der Waals surface area contributed by atoms with Gasteiger partial charge in [-0.2, -0.15) is 0 Å². The van der Waals surface area contributed by atoms with E-state index >= 15 is 0 Å². The topological polar surface area (TPSA) is 43.8 Å². The number of aryl methyl sites for hydroxylation is 1. The molecule has 0 amide bonds. The second kappa shape index (κ2) is 4.87. The van der Waals surface area contributed by atoms with E-state index in [2.05, 4.69) is 66.4 Å². The fourth-order valence-corrected chi connectivity index (χ4v) is 2.93. The van der Waals surface area contributed by atoms with Gasteiger partial charge < -0.3 is 10.3 Å². The Kier molecular flexibility index (Phi) is 3.40. The standard InChI is InChI=1S/C17H22BrN3/c1-10-9-11(5-8-13(10)18)14-15(19)21(12-6-7-12)16(20-14)17(2,3)4/h5,8-9,12H,6-7,19H2,1-4H3. The Balaban J connectivity index is 2.17. The van der Waals surface area contributed by atoms with E-state index in [9.17, 15) is 0 Å². The minimum Gasteiger partial charge on any atom is -0.383 e. The van der Waals surface area contributed by atoms with Gasteiger partial charge in [0.15, 0.2) is 0 Å². The van der Waals surface area contributed by atoms with Crippen molar-refractivity contribution in [2.24, 2.45) is 0 Å². The van der Waals surface area contributed by atoms with Gasteiger partial charge >= 0.3 is 0 Å². The fourth-order valence-electron chi connectivity index (χ4n) is 2.68. The van der Waals surface area contributed by atoms with Gasteiger partial charge in [0.05, 0.1) is 0 Å². The van der Waals surface area contributed by atoms with E-state index in [0.29, 0.717) is 6.04 Å². The summed E-state index contributed by atoms with van der Waals surface area (Å²) in [5.41, 5.74) is 9.66. The number of halogens is 1. The highest BCUT2D eigenvalue weighted by molar-refractivity contribution is 9.10. The first kappa shape index (κ1) is 14.6. The van der Waals surface area contributed by atoms with Crippen molar-refractivity contribution in [2.45, 2.75) is 52.0 Å². The predicted octanol–water partition coefficient (Wildman–Crippen LogP) is 4.84. The molecule has 1 aliphatic carbocycles. The molecule has 21 heavy (non-hydrogen) atoms. The zero-order valence-electron chi connectivity index (χ0n) is 13.1. The Hall–Kier alpha value is -1.29. The highest BCUT2D eigenvalue weighted by atomic mass is 79.9. The van der Waals surface area contributed by atoms with Crippen molar-refractivity contribution in [1.29, 1.82) is 0 Å². The van der Waals surface area contributed by atoms with E-state index in [4.69, 9.17) is 10.7 Å². The molecule has 0 saturated heterocycles. The van der Waals surface area contributed by atoms with Crippen molar-refractivity contribution in [2.75, 3.05) is 5.73 Å². The summed E-state index contributed by atoms with van der Waals surface area (Å²) < 4.78 is 3.37. The number of imidazole rings is 1. The molecule has 0 spiro atoms. The summed E-state index contributed by atoms with van der Waals surface area (Å²) in [7, 11) is 0. The molecule has 1 aromatic carbocycles. The van der Waals surface area contributed by atoms with Crippen molar-refractivity contribution >= 4 is 21.7 Å². The second-order valence-corrected chi connectivity index (χ2v) is 7.84. The lowest BCUT2D eigenvalue weighted by Crippen LogP contribution is -2.19. The highest BCUT2D eigenvalue weighted by Gasteiger charge is 2.34. The molecular weight excluding hydrogens is 326 g/mol. The van der Waals surface area contributed by atoms with Gasteiger partial charge in [-0.05, 0) is 37.5 Å². The molecule has 0 bridgehead atoms. The van der Waals surface area contributed by atoms with Crippen molar-refractivity contribution < 1.29 is 0 Å². The average molecular weight is 348 g/mol. The van der Waals surface area contributed by atoms with Crippen LogP contribution < -0.4 is 5.73 Å². The number of nitrogen functional groups attached to an aromatic ring is 1. The molecule has 2 aromatic rings. The second-order valence-electron chi connectivity index (χ2n) is 6.98. The number of aromatic nitrogens is 2. The van der Waals surface area contributed by atoms with Gasteiger partial charge in [0.25, 0.3) is 0 Å². The van der Waals surface area contributed by atoms with Crippen LogP contribution in [0, 0.1) is 6.92 Å². The van der Waals surface area contributed by atoms with Crippen LogP contribution in [-0.2, 0) is 5.41 Å². The van der Waals surface area contributed by atoms with Gasteiger partial charge in [-0.25, -0.2) is 4.98 Å². The molecule has 3 rings (SSSR count). The molecule has 1 aliphatic rings. The molecule has 2 N–H and O–H groups in total. The Labute approximate surface area is 134 Å². The molecule has 1 aromatic heterocycles. The van der Waals surface area contributed by atoms with Crippen LogP contribution in [0.4, 0.5) is 5.82 Å². The summed E-state index contributed by atoms with van der Waals surface area (Å²) in [4.78, 5) is 4.91. The van der Waals surface area contributed by atoms with Crippen molar-refractivity contribution in [1.82, 2.24) is 9.55 Å². The van der Waals surface area contributed by atoms with E-state index in [-0.39, 0.29) is 5.41 Å². The quantitative estimate of drug-likeness (QED) is 0.844. The molecule has 0 unspecified atom stereocenters. The average Bonchev–Trinajstić information content (AvgIpc) is 3.15. The van der Waals surface area contributed by atoms with E-state index in [1.807, 2.05) is 0 Å². The molecule has 0 atom stereocenters. The Morgan fingerprint density at radius 2 is 1.95 bits per heavy atom. The van der Waals surface area contributed by atoms with Crippen LogP contribution in [0.1, 0.15) is 51.0 Å². The zero-order chi connectivity index (χ0) is 15.4. The van der Waals surface area contributed by atoms with Crippen LogP contribution in [0.3, 0.4) is 0 Å². The molecule has 1 saturated carbocycles. The smallest absolute Gasteiger partial charge is 0.132 e. The fraction of sp³-hybridized carbons (Fsp3) is 0.471. The van der Waals surface area contributed by atoms with Crippen LogP contribution in [0.15, 0.2) is 22.7 Å². The van der Waals surface area contributed by atoms with E-state index in [0.717, 1.165) is 27.4 Å². The molecule has 3 nitrogen and oxygen atoms in total. The van der Waals surface area contributed by atoms with Crippen LogP contribution in [-0.4, -0.2) is 9.55 Å². The molecule has 0 radical (unpaired) electrons. The maximum absolute atomic E-state index is 6.45. The van der Waals surface area contributed by atoms with E-state index < -0.39 is 0 Å². The monoisotopic (exact) mass is 347 g/mol. The SMILES string of the molecule is Cc1cc(-c2nc(C(C)(C)C)n(C3CC3)c2N)ccc1Br. The number of nitrogens with two attached hydrogens (primary N) is 1. The molecule has 0 aliphatic heterocycles. The van der Waals surface area contributed by atoms with Crippen LogP contribution >= 0.6 is 15.9 Å². The third-order valence-corrected chi connectivity index (χ3v) is 4.85. The highest BCUT2D eigenvalue weighted by Crippen LogP contribution is 2.43. The van der Waals surface area contributed by atoms with Gasteiger partial charge in [0.1, 0.15) is 17.3 Å². The molecule has 1 fully saturated rings. The lowest BCUT2D eigenvalue weighted by atomic mass is 9.95. The van der Waals surface area contributed by atoms with Gasteiger partial charge in [-0.15, -0.1) is 0 Å². The van der Waals surface area contributed by atoms with Gasteiger partial charge in [-0.1, -0.05) is 42.8 Å². The van der Waals surface area contributed by atoms with E-state index in [1.165, 1.54) is 18.4 Å². The molecule has 1 heterocycles. The molecule has 4 heteroatoms. The number of hydrogen-bond acceptors (Lipinski definition) is 2. The normalized spacial score (nSPS) is 15.5. The summed E-state index contributed by atoms with van der Waals surface area (Å²) in [5.74, 6) is 1.90. The van der Waals surface area contributed by atoms with Crippen molar-refractivity contribution in [3.8, 4) is 11.3 Å². The van der Waals surface area contributed by atoms with Crippen LogP contribution in [0.25, 0.3) is 11.3 Å². The molecular formula is C17H22BrN3. The minimum absolute atomic E-state index is 0.000627. The summed E-state index contributed by atoms with van der Waals surface area (Å²) in [5, 5.41) is 0. The predicted molar refractivity (Wildman–Crippen MR) is 91.5 cm³/mol. The first-order chi connectivity index (χ1) is 9.79. The maximum atomic E-state index is 6.45. The lowest BCUT2D eigenvalue weighted by Gasteiger charge is -2.20. The number of benzene rings is 1. The number of hydrogen-bond donors (Lipinski definition) is 1. The molecule has 112 valence electrons. The van der Waals surface area contributed by atoms with Gasteiger partial charge in [0, 0.05) is 21.5 Å². The van der Waals surface area contributed by atoms with Crippen molar-refractivity contribution in [3.05, 3.63) is 34.1 Å². The number of anilines is 1.